The van der Waals surface area contributed by atoms with Crippen LogP contribution in [0.2, 0.25) is 0 Å². The van der Waals surface area contributed by atoms with Crippen LogP contribution >= 0.6 is 22.7 Å². The van der Waals surface area contributed by atoms with Gasteiger partial charge in [0.15, 0.2) is 6.61 Å². The lowest BCUT2D eigenvalue weighted by atomic mass is 10.1. The summed E-state index contributed by atoms with van der Waals surface area (Å²) in [6.45, 7) is 4.50. The highest BCUT2D eigenvalue weighted by atomic mass is 32.1. The maximum absolute atomic E-state index is 12.8. The number of ketones is 1. The van der Waals surface area contributed by atoms with E-state index in [1.807, 2.05) is 66.5 Å². The summed E-state index contributed by atoms with van der Waals surface area (Å²) < 4.78 is 9.37. The molecule has 0 aliphatic heterocycles. The Morgan fingerprint density at radius 2 is 1.83 bits per heavy atom. The number of Topliss-reactive ketones (excluding diaryl/α,β-unsaturated/α-hetero) is 1. The van der Waals surface area contributed by atoms with E-state index in [1.165, 1.54) is 16.2 Å². The van der Waals surface area contributed by atoms with Gasteiger partial charge in [0.2, 0.25) is 5.78 Å². The Balaban J connectivity index is 1.42. The number of nitrogens with zero attached hydrogens (tertiary/aromatic N) is 2. The third-order valence-corrected chi connectivity index (χ3v) is 6.90. The number of esters is 1. The first-order chi connectivity index (χ1) is 14.5. The SMILES string of the molecule is Cc1cc(C(=O)COC(=O)c2sccc2-n2cccc2)c(C)n1CCc1cccs1. The predicted molar refractivity (Wildman–Crippen MR) is 120 cm³/mol. The van der Waals surface area contributed by atoms with Crippen LogP contribution in [0.15, 0.2) is 59.6 Å². The number of carbonyl (C=O) groups excluding carboxylic acids is 2. The van der Waals surface area contributed by atoms with Crippen LogP contribution in [0.25, 0.3) is 5.69 Å². The van der Waals surface area contributed by atoms with Gasteiger partial charge in [-0.05, 0) is 61.4 Å². The number of ether oxygens (including phenoxy) is 1. The molecule has 0 N–H and O–H groups in total. The van der Waals surface area contributed by atoms with Crippen molar-refractivity contribution in [1.29, 1.82) is 0 Å². The summed E-state index contributed by atoms with van der Waals surface area (Å²) in [6, 6.07) is 11.7. The molecule has 0 amide bonds. The first-order valence-corrected chi connectivity index (χ1v) is 11.4. The van der Waals surface area contributed by atoms with Crippen LogP contribution in [0.3, 0.4) is 0 Å². The zero-order valence-corrected chi connectivity index (χ0v) is 18.5. The van der Waals surface area contributed by atoms with E-state index < -0.39 is 5.97 Å². The minimum absolute atomic E-state index is 0.183. The van der Waals surface area contributed by atoms with Crippen molar-refractivity contribution in [2.75, 3.05) is 6.61 Å². The average molecular weight is 439 g/mol. The normalized spacial score (nSPS) is 11.0. The molecule has 0 saturated heterocycles. The topological polar surface area (TPSA) is 53.2 Å². The summed E-state index contributed by atoms with van der Waals surface area (Å²) in [6.07, 6.45) is 4.67. The zero-order valence-electron chi connectivity index (χ0n) is 16.8. The number of hydrogen-bond donors (Lipinski definition) is 0. The summed E-state index contributed by atoms with van der Waals surface area (Å²) in [5, 5.41) is 3.91. The van der Waals surface area contributed by atoms with E-state index in [1.54, 1.807) is 11.3 Å². The molecular weight excluding hydrogens is 416 g/mol. The van der Waals surface area contributed by atoms with Gasteiger partial charge in [0, 0.05) is 40.8 Å². The van der Waals surface area contributed by atoms with E-state index in [0.717, 1.165) is 30.0 Å². The molecule has 0 aliphatic carbocycles. The second-order valence-corrected chi connectivity index (χ2v) is 8.94. The Bertz CT molecular complexity index is 1150. The Morgan fingerprint density at radius 1 is 1.03 bits per heavy atom. The number of rotatable bonds is 8. The molecule has 4 aromatic rings. The zero-order chi connectivity index (χ0) is 21.1. The molecule has 5 nitrogen and oxygen atoms in total. The van der Waals surface area contributed by atoms with Crippen LogP contribution in [0.4, 0.5) is 0 Å². The molecule has 0 fully saturated rings. The Labute approximate surface area is 183 Å². The fraction of sp³-hybridized carbons (Fsp3) is 0.217. The molecule has 0 unspecified atom stereocenters. The second kappa shape index (κ2) is 8.85. The fourth-order valence-corrected chi connectivity index (χ4v) is 5.01. The molecule has 0 atom stereocenters. The van der Waals surface area contributed by atoms with E-state index >= 15 is 0 Å². The highest BCUT2D eigenvalue weighted by Crippen LogP contribution is 2.23. The van der Waals surface area contributed by atoms with E-state index in [4.69, 9.17) is 4.74 Å². The van der Waals surface area contributed by atoms with E-state index in [9.17, 15) is 9.59 Å². The average Bonchev–Trinajstić information content (AvgIpc) is 3.52. The molecule has 0 aliphatic rings. The quantitative estimate of drug-likeness (QED) is 0.277. The lowest BCUT2D eigenvalue weighted by Gasteiger charge is -2.09. The summed E-state index contributed by atoms with van der Waals surface area (Å²) in [7, 11) is 0. The van der Waals surface area contributed by atoms with Crippen molar-refractivity contribution in [3.05, 3.63) is 86.3 Å². The molecule has 0 radical (unpaired) electrons. The third-order valence-electron chi connectivity index (χ3n) is 5.08. The summed E-state index contributed by atoms with van der Waals surface area (Å²) in [5.74, 6) is -0.661. The van der Waals surface area contributed by atoms with Gasteiger partial charge in [-0.1, -0.05) is 6.07 Å². The van der Waals surface area contributed by atoms with Crippen molar-refractivity contribution in [1.82, 2.24) is 9.13 Å². The van der Waals surface area contributed by atoms with E-state index in [-0.39, 0.29) is 12.4 Å². The maximum Gasteiger partial charge on any atom is 0.350 e. The first kappa shape index (κ1) is 20.4. The van der Waals surface area contributed by atoms with Crippen molar-refractivity contribution >= 4 is 34.4 Å². The fourth-order valence-electron chi connectivity index (χ4n) is 3.53. The molecule has 0 aromatic carbocycles. The number of aromatic nitrogens is 2. The number of hydrogen-bond acceptors (Lipinski definition) is 5. The molecule has 4 heterocycles. The molecule has 7 heteroatoms. The molecule has 4 aromatic heterocycles. The predicted octanol–water partition coefficient (Wildman–Crippen LogP) is 5.30. The first-order valence-electron chi connectivity index (χ1n) is 9.65. The van der Waals surface area contributed by atoms with Crippen molar-refractivity contribution in [3.8, 4) is 5.69 Å². The minimum Gasteiger partial charge on any atom is -0.453 e. The number of carbonyl (C=O) groups is 2. The highest BCUT2D eigenvalue weighted by molar-refractivity contribution is 7.12. The van der Waals surface area contributed by atoms with Crippen LogP contribution in [-0.4, -0.2) is 27.5 Å². The van der Waals surface area contributed by atoms with Gasteiger partial charge >= 0.3 is 5.97 Å². The molecule has 0 bridgehead atoms. The summed E-state index contributed by atoms with van der Waals surface area (Å²) in [4.78, 5) is 27.1. The molecular formula is C23H22N2O3S2. The third kappa shape index (κ3) is 4.17. The maximum atomic E-state index is 12.8. The molecule has 30 heavy (non-hydrogen) atoms. The van der Waals surface area contributed by atoms with Crippen molar-refractivity contribution in [2.24, 2.45) is 0 Å². The van der Waals surface area contributed by atoms with Crippen molar-refractivity contribution in [2.45, 2.75) is 26.8 Å². The monoisotopic (exact) mass is 438 g/mol. The smallest absolute Gasteiger partial charge is 0.350 e. The van der Waals surface area contributed by atoms with Gasteiger partial charge in [-0.15, -0.1) is 22.7 Å². The van der Waals surface area contributed by atoms with E-state index in [0.29, 0.717) is 10.4 Å². The van der Waals surface area contributed by atoms with Crippen LogP contribution < -0.4 is 0 Å². The number of aryl methyl sites for hydroxylation is 2. The van der Waals surface area contributed by atoms with E-state index in [2.05, 4.69) is 16.0 Å². The summed E-state index contributed by atoms with van der Waals surface area (Å²) in [5.41, 5.74) is 3.32. The Morgan fingerprint density at radius 3 is 2.57 bits per heavy atom. The van der Waals surface area contributed by atoms with Gasteiger partial charge in [0.1, 0.15) is 4.88 Å². The van der Waals surface area contributed by atoms with Crippen LogP contribution in [0.5, 0.6) is 0 Å². The van der Waals surface area contributed by atoms with Crippen molar-refractivity contribution < 1.29 is 14.3 Å². The standard InChI is InChI=1S/C23H22N2O3S2/c1-16-14-19(17(2)25(16)11-7-18-6-5-12-29-18)21(26)15-28-23(27)22-20(8-13-30-22)24-9-3-4-10-24/h3-6,8-10,12-14H,7,11,15H2,1-2H3. The lowest BCUT2D eigenvalue weighted by Crippen LogP contribution is -2.15. The minimum atomic E-state index is -0.478. The van der Waals surface area contributed by atoms with Gasteiger partial charge in [0.05, 0.1) is 5.69 Å². The van der Waals surface area contributed by atoms with Crippen LogP contribution in [0, 0.1) is 13.8 Å². The van der Waals surface area contributed by atoms with Crippen LogP contribution in [0.1, 0.15) is 36.3 Å². The van der Waals surface area contributed by atoms with Crippen molar-refractivity contribution in [3.63, 3.8) is 0 Å². The van der Waals surface area contributed by atoms with Gasteiger partial charge in [-0.2, -0.15) is 0 Å². The number of thiophene rings is 2. The molecule has 4 rings (SSSR count). The Hall–Kier alpha value is -2.90. The van der Waals surface area contributed by atoms with Gasteiger partial charge < -0.3 is 13.9 Å². The second-order valence-electron chi connectivity index (χ2n) is 6.99. The van der Waals surface area contributed by atoms with Gasteiger partial charge in [0.25, 0.3) is 0 Å². The molecule has 0 spiro atoms. The van der Waals surface area contributed by atoms with Gasteiger partial charge in [-0.25, -0.2) is 4.79 Å². The lowest BCUT2D eigenvalue weighted by molar-refractivity contribution is 0.0479. The molecule has 154 valence electrons. The molecule has 0 saturated carbocycles. The van der Waals surface area contributed by atoms with Gasteiger partial charge in [-0.3, -0.25) is 4.79 Å². The summed E-state index contributed by atoms with van der Waals surface area (Å²) >= 11 is 3.05. The highest BCUT2D eigenvalue weighted by Gasteiger charge is 2.20. The van der Waals surface area contributed by atoms with Crippen LogP contribution in [-0.2, 0) is 17.7 Å². The largest absolute Gasteiger partial charge is 0.453 e. The Kier molecular flexibility index (Phi) is 6.01.